The Bertz CT molecular complexity index is 1300. The highest BCUT2D eigenvalue weighted by atomic mass is 32.2. The van der Waals surface area contributed by atoms with Crippen molar-refractivity contribution >= 4 is 44.4 Å². The Labute approximate surface area is 185 Å². The van der Waals surface area contributed by atoms with Gasteiger partial charge in [0.1, 0.15) is 16.7 Å². The van der Waals surface area contributed by atoms with Gasteiger partial charge in [-0.25, -0.2) is 18.5 Å². The Kier molecular flexibility index (Phi) is 6.17. The molecule has 4 rings (SSSR count). The summed E-state index contributed by atoms with van der Waals surface area (Å²) in [6, 6.07) is 6.30. The largest absolute Gasteiger partial charge is 0.341 e. The first-order valence-electron chi connectivity index (χ1n) is 10.3. The Morgan fingerprint density at radius 1 is 1.22 bits per heavy atom. The van der Waals surface area contributed by atoms with E-state index < -0.39 is 15.4 Å². The van der Waals surface area contributed by atoms with Crippen molar-refractivity contribution in [2.75, 3.05) is 36.6 Å². The number of nitrogens with zero attached hydrogens (tertiary/aromatic N) is 5. The molecule has 0 aliphatic carbocycles. The zero-order chi connectivity index (χ0) is 22.7. The van der Waals surface area contributed by atoms with Gasteiger partial charge >= 0.3 is 0 Å². The molecule has 10 nitrogen and oxygen atoms in total. The molecule has 2 N–H and O–H groups in total. The second-order valence-electron chi connectivity index (χ2n) is 7.86. The fourth-order valence-corrected chi connectivity index (χ4v) is 4.40. The van der Waals surface area contributed by atoms with Crippen LogP contribution in [0.25, 0.3) is 10.9 Å². The monoisotopic (exact) mass is 455 g/mol. The van der Waals surface area contributed by atoms with Crippen LogP contribution in [0.5, 0.6) is 0 Å². The number of H-pyrrole nitrogens is 1. The molecule has 2 aromatic heterocycles. The zero-order valence-electron chi connectivity index (χ0n) is 17.9. The van der Waals surface area contributed by atoms with Crippen molar-refractivity contribution in [3.05, 3.63) is 40.8 Å². The number of anilines is 3. The van der Waals surface area contributed by atoms with Gasteiger partial charge in [0.15, 0.2) is 9.84 Å². The lowest BCUT2D eigenvalue weighted by atomic mass is 9.94. The van der Waals surface area contributed by atoms with Crippen molar-refractivity contribution in [1.29, 1.82) is 0 Å². The van der Waals surface area contributed by atoms with Gasteiger partial charge in [-0.15, -0.1) is 0 Å². The molecule has 3 aromatic rings. The SMILES string of the molecule is CN=CCC1CCN(c2nc(Nc3ccc(S(C)(=O)=O)cc3)c3c(=O)[nH]ncc3n2)CC1. The average Bonchev–Trinajstić information content (AvgIpc) is 2.77. The lowest BCUT2D eigenvalue weighted by Crippen LogP contribution is -2.35. The minimum Gasteiger partial charge on any atom is -0.341 e. The number of benzene rings is 1. The van der Waals surface area contributed by atoms with Crippen molar-refractivity contribution in [3.63, 3.8) is 0 Å². The van der Waals surface area contributed by atoms with Crippen molar-refractivity contribution in [2.45, 2.75) is 24.2 Å². The van der Waals surface area contributed by atoms with Crippen LogP contribution in [0.15, 0.2) is 45.1 Å². The highest BCUT2D eigenvalue weighted by Crippen LogP contribution is 2.27. The molecule has 1 aliphatic rings. The predicted octanol–water partition coefficient (Wildman–Crippen LogP) is 2.17. The number of fused-ring (bicyclic) bond motifs is 1. The van der Waals surface area contributed by atoms with Crippen LogP contribution >= 0.6 is 0 Å². The summed E-state index contributed by atoms with van der Waals surface area (Å²) >= 11 is 0. The molecular formula is C21H25N7O3S. The van der Waals surface area contributed by atoms with E-state index in [2.05, 4.69) is 35.4 Å². The minimum atomic E-state index is -3.30. The van der Waals surface area contributed by atoms with Crippen LogP contribution in [-0.2, 0) is 9.84 Å². The molecule has 32 heavy (non-hydrogen) atoms. The van der Waals surface area contributed by atoms with Crippen LogP contribution in [0.2, 0.25) is 0 Å². The number of piperidine rings is 1. The van der Waals surface area contributed by atoms with Crippen molar-refractivity contribution in [3.8, 4) is 0 Å². The summed E-state index contributed by atoms with van der Waals surface area (Å²) < 4.78 is 23.4. The first kappa shape index (κ1) is 21.9. The Morgan fingerprint density at radius 2 is 1.94 bits per heavy atom. The second-order valence-corrected chi connectivity index (χ2v) is 9.88. The molecule has 168 valence electrons. The summed E-state index contributed by atoms with van der Waals surface area (Å²) in [5, 5.41) is 9.74. The van der Waals surface area contributed by atoms with E-state index in [1.165, 1.54) is 18.3 Å². The molecule has 1 saturated heterocycles. The van der Waals surface area contributed by atoms with E-state index in [0.29, 0.717) is 34.3 Å². The first-order chi connectivity index (χ1) is 15.3. The van der Waals surface area contributed by atoms with Gasteiger partial charge in [-0.05, 0) is 55.7 Å². The van der Waals surface area contributed by atoms with Crippen molar-refractivity contribution in [2.24, 2.45) is 10.9 Å². The number of aromatic amines is 1. The van der Waals surface area contributed by atoms with Gasteiger partial charge in [0, 0.05) is 32.1 Å². The maximum Gasteiger partial charge on any atom is 0.277 e. The highest BCUT2D eigenvalue weighted by Gasteiger charge is 2.22. The van der Waals surface area contributed by atoms with Gasteiger partial charge in [-0.1, -0.05) is 0 Å². The summed E-state index contributed by atoms with van der Waals surface area (Å²) in [4.78, 5) is 28.1. The lowest BCUT2D eigenvalue weighted by molar-refractivity contribution is 0.416. The van der Waals surface area contributed by atoms with E-state index in [0.717, 1.165) is 38.6 Å². The maximum absolute atomic E-state index is 12.5. The number of hydrogen-bond donors (Lipinski definition) is 2. The van der Waals surface area contributed by atoms with Crippen LogP contribution in [0.4, 0.5) is 17.5 Å². The summed E-state index contributed by atoms with van der Waals surface area (Å²) in [6.45, 7) is 1.62. The number of rotatable bonds is 6. The maximum atomic E-state index is 12.5. The quantitative estimate of drug-likeness (QED) is 0.540. The summed E-state index contributed by atoms with van der Waals surface area (Å²) in [6.07, 6.45) is 7.61. The molecular weight excluding hydrogens is 430 g/mol. The second kappa shape index (κ2) is 9.03. The summed E-state index contributed by atoms with van der Waals surface area (Å²) in [7, 11) is -1.51. The molecule has 0 unspecified atom stereocenters. The molecule has 0 bridgehead atoms. The normalized spacial score (nSPS) is 15.5. The molecule has 0 amide bonds. The molecule has 0 saturated carbocycles. The van der Waals surface area contributed by atoms with E-state index in [4.69, 9.17) is 0 Å². The predicted molar refractivity (Wildman–Crippen MR) is 125 cm³/mol. The van der Waals surface area contributed by atoms with E-state index in [1.54, 1.807) is 19.2 Å². The summed E-state index contributed by atoms with van der Waals surface area (Å²) in [5.74, 6) is 1.47. The molecule has 0 atom stereocenters. The average molecular weight is 456 g/mol. The molecule has 1 aliphatic heterocycles. The molecule has 3 heterocycles. The van der Waals surface area contributed by atoms with E-state index in [9.17, 15) is 13.2 Å². The summed E-state index contributed by atoms with van der Waals surface area (Å²) in [5.41, 5.74) is 0.647. The van der Waals surface area contributed by atoms with Gasteiger partial charge in [0.25, 0.3) is 5.56 Å². The lowest BCUT2D eigenvalue weighted by Gasteiger charge is -2.31. The standard InChI is InChI=1S/C21H25N7O3S/c1-22-10-7-14-8-11-28(12-9-14)21-25-17-13-23-27-20(29)18(17)19(26-21)24-15-3-5-16(6-4-15)32(2,30)31/h3-6,10,13-14H,7-9,11-12H2,1-2H3,(H,27,29)(H,24,25,26). The van der Waals surface area contributed by atoms with Gasteiger partial charge < -0.3 is 15.2 Å². The van der Waals surface area contributed by atoms with Crippen molar-refractivity contribution in [1.82, 2.24) is 20.2 Å². The van der Waals surface area contributed by atoms with Crippen LogP contribution in [0, 0.1) is 5.92 Å². The van der Waals surface area contributed by atoms with Crippen LogP contribution in [0.1, 0.15) is 19.3 Å². The van der Waals surface area contributed by atoms with Gasteiger partial charge in [0.05, 0.1) is 11.1 Å². The third kappa shape index (κ3) is 4.77. The van der Waals surface area contributed by atoms with E-state index >= 15 is 0 Å². The molecule has 1 aromatic carbocycles. The molecule has 0 spiro atoms. The molecule has 0 radical (unpaired) electrons. The number of aromatic nitrogens is 4. The van der Waals surface area contributed by atoms with Crippen LogP contribution in [0.3, 0.4) is 0 Å². The number of aliphatic imine (C=N–C) groups is 1. The fourth-order valence-electron chi connectivity index (χ4n) is 3.77. The van der Waals surface area contributed by atoms with Crippen LogP contribution in [-0.4, -0.2) is 61.2 Å². The van der Waals surface area contributed by atoms with Gasteiger partial charge in [-0.3, -0.25) is 4.79 Å². The Morgan fingerprint density at radius 3 is 2.59 bits per heavy atom. The fraction of sp³-hybridized carbons (Fsp3) is 0.381. The van der Waals surface area contributed by atoms with Gasteiger partial charge in [-0.2, -0.15) is 10.1 Å². The topological polar surface area (TPSA) is 133 Å². The van der Waals surface area contributed by atoms with Crippen LogP contribution < -0.4 is 15.8 Å². The Balaban J connectivity index is 1.65. The number of hydrogen-bond acceptors (Lipinski definition) is 9. The Hall–Kier alpha value is -3.34. The van der Waals surface area contributed by atoms with Gasteiger partial charge in [0.2, 0.25) is 5.95 Å². The molecule has 1 fully saturated rings. The zero-order valence-corrected chi connectivity index (χ0v) is 18.8. The number of sulfone groups is 1. The van der Waals surface area contributed by atoms with Crippen molar-refractivity contribution < 1.29 is 8.42 Å². The molecule has 11 heteroatoms. The third-order valence-electron chi connectivity index (χ3n) is 5.57. The highest BCUT2D eigenvalue weighted by molar-refractivity contribution is 7.90. The van der Waals surface area contributed by atoms with E-state index in [1.807, 2.05) is 6.21 Å². The number of nitrogens with one attached hydrogen (secondary N) is 2. The van der Waals surface area contributed by atoms with E-state index in [-0.39, 0.29) is 4.90 Å². The minimum absolute atomic E-state index is 0.217. The first-order valence-corrected chi connectivity index (χ1v) is 12.2. The smallest absolute Gasteiger partial charge is 0.277 e. The third-order valence-corrected chi connectivity index (χ3v) is 6.70.